The molecule has 0 saturated heterocycles. The maximum absolute atomic E-state index is 11.9. The van der Waals surface area contributed by atoms with E-state index in [9.17, 15) is 23.3 Å². The van der Waals surface area contributed by atoms with Gasteiger partial charge in [0.15, 0.2) is 0 Å². The summed E-state index contributed by atoms with van der Waals surface area (Å²) in [5.41, 5.74) is -0.482. The fraction of sp³-hybridized carbons (Fsp3) is 0.364. The van der Waals surface area contributed by atoms with Crippen molar-refractivity contribution in [2.75, 3.05) is 6.54 Å². The van der Waals surface area contributed by atoms with Gasteiger partial charge in [0.1, 0.15) is 0 Å². The van der Waals surface area contributed by atoms with Crippen molar-refractivity contribution in [3.8, 4) is 0 Å². The van der Waals surface area contributed by atoms with Crippen LogP contribution in [0.25, 0.3) is 0 Å². The molecule has 0 heterocycles. The molecule has 0 bridgehead atoms. The summed E-state index contributed by atoms with van der Waals surface area (Å²) in [6.45, 7) is 3.60. The Bertz CT molecular complexity index is 654. The van der Waals surface area contributed by atoms with E-state index in [4.69, 9.17) is 5.14 Å². The number of nitrogens with zero attached hydrogens (tertiary/aromatic N) is 1. The van der Waals surface area contributed by atoms with Gasteiger partial charge in [-0.2, -0.15) is 0 Å². The summed E-state index contributed by atoms with van der Waals surface area (Å²) < 4.78 is 22.9. The highest BCUT2D eigenvalue weighted by Crippen LogP contribution is 2.25. The zero-order chi connectivity index (χ0) is 15.5. The van der Waals surface area contributed by atoms with Crippen LogP contribution in [0.15, 0.2) is 17.0 Å². The minimum Gasteiger partial charge on any atom is -0.352 e. The van der Waals surface area contributed by atoms with Crippen molar-refractivity contribution in [2.24, 2.45) is 5.14 Å². The summed E-state index contributed by atoms with van der Waals surface area (Å²) in [6, 6.07) is 1.89. The lowest BCUT2D eigenvalue weighted by atomic mass is 10.1. The van der Waals surface area contributed by atoms with Gasteiger partial charge < -0.3 is 5.32 Å². The number of nitrogens with one attached hydrogen (secondary N) is 1. The summed E-state index contributed by atoms with van der Waals surface area (Å²) in [5, 5.41) is 18.4. The van der Waals surface area contributed by atoms with Crippen molar-refractivity contribution >= 4 is 21.6 Å². The molecule has 0 aliphatic rings. The maximum Gasteiger partial charge on any atom is 0.271 e. The number of nitro benzene ring substituents is 1. The van der Waals surface area contributed by atoms with Crippen molar-refractivity contribution in [2.45, 2.75) is 25.2 Å². The molecule has 1 amide bonds. The Labute approximate surface area is 116 Å². The molecule has 1 aromatic rings. The van der Waals surface area contributed by atoms with E-state index >= 15 is 0 Å². The van der Waals surface area contributed by atoms with Gasteiger partial charge in [-0.25, -0.2) is 13.6 Å². The summed E-state index contributed by atoms with van der Waals surface area (Å²) >= 11 is 0. The molecule has 0 saturated carbocycles. The first kappa shape index (κ1) is 16.1. The van der Waals surface area contributed by atoms with Crippen molar-refractivity contribution in [1.29, 1.82) is 0 Å². The number of rotatable bonds is 5. The van der Waals surface area contributed by atoms with E-state index in [-0.39, 0.29) is 11.1 Å². The number of nitrogens with two attached hydrogens (primary N) is 1. The van der Waals surface area contributed by atoms with Gasteiger partial charge in [0, 0.05) is 18.7 Å². The zero-order valence-electron chi connectivity index (χ0n) is 11.0. The summed E-state index contributed by atoms with van der Waals surface area (Å²) in [5.74, 6) is -0.571. The molecular weight excluding hydrogens is 286 g/mol. The number of sulfonamides is 1. The van der Waals surface area contributed by atoms with Gasteiger partial charge in [-0.1, -0.05) is 6.92 Å². The van der Waals surface area contributed by atoms with Crippen LogP contribution in [-0.2, 0) is 10.0 Å². The van der Waals surface area contributed by atoms with Crippen LogP contribution in [0.2, 0.25) is 0 Å². The predicted molar refractivity (Wildman–Crippen MR) is 71.8 cm³/mol. The van der Waals surface area contributed by atoms with Crippen LogP contribution in [0.3, 0.4) is 0 Å². The van der Waals surface area contributed by atoms with Gasteiger partial charge in [0.25, 0.3) is 11.6 Å². The lowest BCUT2D eigenvalue weighted by Gasteiger charge is -2.10. The third kappa shape index (κ3) is 3.52. The first-order valence-electron chi connectivity index (χ1n) is 5.78. The molecule has 0 aliphatic carbocycles. The Hall–Kier alpha value is -2.00. The molecule has 0 radical (unpaired) electrons. The van der Waals surface area contributed by atoms with Gasteiger partial charge in [0.05, 0.1) is 15.4 Å². The number of carbonyl (C=O) groups excluding carboxylic acids is 1. The van der Waals surface area contributed by atoms with Gasteiger partial charge in [-0.3, -0.25) is 14.9 Å². The quantitative estimate of drug-likeness (QED) is 0.610. The minimum absolute atomic E-state index is 0.0725. The number of hydrogen-bond donors (Lipinski definition) is 2. The van der Waals surface area contributed by atoms with Crippen LogP contribution >= 0.6 is 0 Å². The molecule has 1 aromatic carbocycles. The molecule has 0 aromatic heterocycles. The van der Waals surface area contributed by atoms with E-state index in [0.29, 0.717) is 13.0 Å². The zero-order valence-corrected chi connectivity index (χ0v) is 11.9. The number of benzene rings is 1. The standard InChI is InChI=1S/C11H15N3O5S/c1-3-4-13-11(15)9-5-8(14(16)17)6-10(7(9)2)20(12,18)19/h5-6H,3-4H2,1-2H3,(H,13,15)(H2,12,18,19). The number of non-ortho nitro benzene ring substituents is 1. The molecule has 20 heavy (non-hydrogen) atoms. The Balaban J connectivity index is 3.47. The Morgan fingerprint density at radius 2 is 2.05 bits per heavy atom. The maximum atomic E-state index is 11.9. The van der Waals surface area contributed by atoms with E-state index < -0.39 is 31.4 Å². The highest BCUT2D eigenvalue weighted by molar-refractivity contribution is 7.89. The van der Waals surface area contributed by atoms with Gasteiger partial charge >= 0.3 is 0 Å². The molecule has 8 nitrogen and oxygen atoms in total. The fourth-order valence-electron chi connectivity index (χ4n) is 1.64. The molecule has 0 unspecified atom stereocenters. The first-order valence-corrected chi connectivity index (χ1v) is 7.33. The topological polar surface area (TPSA) is 132 Å². The van der Waals surface area contributed by atoms with E-state index in [1.165, 1.54) is 6.92 Å². The first-order chi connectivity index (χ1) is 9.18. The second kappa shape index (κ2) is 5.97. The number of nitro groups is 1. The van der Waals surface area contributed by atoms with Crippen LogP contribution in [0.4, 0.5) is 5.69 Å². The third-order valence-electron chi connectivity index (χ3n) is 2.64. The van der Waals surface area contributed by atoms with Crippen molar-refractivity contribution in [1.82, 2.24) is 5.32 Å². The monoisotopic (exact) mass is 301 g/mol. The van der Waals surface area contributed by atoms with Crippen LogP contribution < -0.4 is 10.5 Å². The van der Waals surface area contributed by atoms with Gasteiger partial charge in [0.2, 0.25) is 10.0 Å². The number of hydrogen-bond acceptors (Lipinski definition) is 5. The molecule has 9 heteroatoms. The second-order valence-electron chi connectivity index (χ2n) is 4.17. The summed E-state index contributed by atoms with van der Waals surface area (Å²) in [4.78, 5) is 21.5. The van der Waals surface area contributed by atoms with Crippen LogP contribution in [0.5, 0.6) is 0 Å². The average Bonchev–Trinajstić information content (AvgIpc) is 2.34. The van der Waals surface area contributed by atoms with E-state index in [1.807, 2.05) is 6.92 Å². The normalized spacial score (nSPS) is 11.2. The summed E-state index contributed by atoms with van der Waals surface area (Å²) in [7, 11) is -4.15. The Morgan fingerprint density at radius 3 is 2.50 bits per heavy atom. The molecule has 3 N–H and O–H groups in total. The highest BCUT2D eigenvalue weighted by Gasteiger charge is 2.23. The minimum atomic E-state index is -4.15. The van der Waals surface area contributed by atoms with Crippen molar-refractivity contribution < 1.29 is 18.1 Å². The second-order valence-corrected chi connectivity index (χ2v) is 5.70. The number of carbonyl (C=O) groups is 1. The molecular formula is C11H15N3O5S. The number of amides is 1. The third-order valence-corrected chi connectivity index (χ3v) is 3.68. The van der Waals surface area contributed by atoms with Crippen LogP contribution in [0, 0.1) is 17.0 Å². The van der Waals surface area contributed by atoms with E-state index in [0.717, 1.165) is 12.1 Å². The van der Waals surface area contributed by atoms with Crippen molar-refractivity contribution in [3.63, 3.8) is 0 Å². The van der Waals surface area contributed by atoms with Crippen LogP contribution in [-0.4, -0.2) is 25.8 Å². The lowest BCUT2D eigenvalue weighted by molar-refractivity contribution is -0.385. The molecule has 1 rings (SSSR count). The average molecular weight is 301 g/mol. The molecule has 0 spiro atoms. The Morgan fingerprint density at radius 1 is 1.45 bits per heavy atom. The Kier molecular flexibility index (Phi) is 4.79. The largest absolute Gasteiger partial charge is 0.352 e. The fourth-order valence-corrected chi connectivity index (χ4v) is 2.47. The van der Waals surface area contributed by atoms with Gasteiger partial charge in [-0.15, -0.1) is 0 Å². The smallest absolute Gasteiger partial charge is 0.271 e. The van der Waals surface area contributed by atoms with Crippen LogP contribution in [0.1, 0.15) is 29.3 Å². The molecule has 0 atom stereocenters. The molecule has 0 fully saturated rings. The SMILES string of the molecule is CCCNC(=O)c1cc([N+](=O)[O-])cc(S(N)(=O)=O)c1C. The van der Waals surface area contributed by atoms with Gasteiger partial charge in [-0.05, 0) is 18.9 Å². The molecule has 110 valence electrons. The van der Waals surface area contributed by atoms with Crippen molar-refractivity contribution in [3.05, 3.63) is 33.4 Å². The summed E-state index contributed by atoms with van der Waals surface area (Å²) in [6.07, 6.45) is 0.682. The highest BCUT2D eigenvalue weighted by atomic mass is 32.2. The van der Waals surface area contributed by atoms with E-state index in [1.54, 1.807) is 0 Å². The number of primary sulfonamides is 1. The molecule has 0 aliphatic heterocycles. The van der Waals surface area contributed by atoms with E-state index in [2.05, 4.69) is 5.32 Å². The lowest BCUT2D eigenvalue weighted by Crippen LogP contribution is -2.26. The predicted octanol–water partition coefficient (Wildman–Crippen LogP) is 0.690.